The maximum absolute atomic E-state index is 14.2. The van der Waals surface area contributed by atoms with E-state index in [0.29, 0.717) is 41.4 Å². The van der Waals surface area contributed by atoms with Gasteiger partial charge in [-0.1, -0.05) is 59.8 Å². The first-order valence-corrected chi connectivity index (χ1v) is 13.4. The molecule has 0 aliphatic rings. The van der Waals surface area contributed by atoms with Gasteiger partial charge in [0.15, 0.2) is 0 Å². The molecule has 1 heterocycles. The summed E-state index contributed by atoms with van der Waals surface area (Å²) in [4.78, 5) is 29.7. The zero-order valence-corrected chi connectivity index (χ0v) is 22.9. The third-order valence-electron chi connectivity index (χ3n) is 6.65. The number of nitrogens with one attached hydrogen (secondary N) is 1. The Labute approximate surface area is 238 Å². The van der Waals surface area contributed by atoms with Gasteiger partial charge in [0.05, 0.1) is 19.2 Å². The van der Waals surface area contributed by atoms with Gasteiger partial charge in [0.1, 0.15) is 29.6 Å². The molecule has 4 aromatic carbocycles. The van der Waals surface area contributed by atoms with Gasteiger partial charge in [-0.25, -0.2) is 4.68 Å². The average Bonchev–Trinajstić information content (AvgIpc) is 3.42. The fourth-order valence-corrected chi connectivity index (χ4v) is 4.63. The Bertz CT molecular complexity index is 1600. The van der Waals surface area contributed by atoms with Crippen LogP contribution in [0.4, 0.5) is 5.69 Å². The molecule has 1 atom stereocenters. The normalized spacial score (nSPS) is 11.6. The summed E-state index contributed by atoms with van der Waals surface area (Å²) in [7, 11) is 1.58. The topological polar surface area (TPSA) is 98.6 Å². The second kappa shape index (κ2) is 12.8. The number of benzene rings is 4. The van der Waals surface area contributed by atoms with Crippen LogP contribution in [0.15, 0.2) is 103 Å². The van der Waals surface area contributed by atoms with Crippen molar-refractivity contribution in [1.29, 1.82) is 0 Å². The highest BCUT2D eigenvalue weighted by atomic mass is 16.5. The van der Waals surface area contributed by atoms with E-state index in [1.54, 1.807) is 48.2 Å². The number of aromatic nitrogens is 3. The van der Waals surface area contributed by atoms with E-state index in [9.17, 15) is 9.59 Å². The van der Waals surface area contributed by atoms with E-state index in [-0.39, 0.29) is 18.4 Å². The molecule has 5 rings (SSSR count). The van der Waals surface area contributed by atoms with Crippen LogP contribution in [0, 0.1) is 0 Å². The van der Waals surface area contributed by atoms with Crippen molar-refractivity contribution in [3.05, 3.63) is 114 Å². The molecule has 0 bridgehead atoms. The van der Waals surface area contributed by atoms with Crippen LogP contribution < -0.4 is 19.7 Å². The minimum Gasteiger partial charge on any atom is -0.497 e. The van der Waals surface area contributed by atoms with Crippen molar-refractivity contribution in [3.8, 4) is 11.5 Å². The van der Waals surface area contributed by atoms with Gasteiger partial charge in [-0.2, -0.15) is 0 Å². The molecule has 0 saturated carbocycles. The van der Waals surface area contributed by atoms with E-state index >= 15 is 0 Å². The first-order chi connectivity index (χ1) is 20.1. The molecule has 0 unspecified atom stereocenters. The summed E-state index contributed by atoms with van der Waals surface area (Å²) in [6, 6.07) is 30.4. The van der Waals surface area contributed by atoms with Crippen LogP contribution in [0.5, 0.6) is 11.5 Å². The van der Waals surface area contributed by atoms with Crippen molar-refractivity contribution >= 4 is 28.5 Å². The third kappa shape index (κ3) is 6.36. The van der Waals surface area contributed by atoms with E-state index in [2.05, 4.69) is 15.6 Å². The Kier molecular flexibility index (Phi) is 8.54. The number of anilines is 1. The molecule has 0 radical (unpaired) electrons. The molecule has 9 nitrogen and oxygen atoms in total. The lowest BCUT2D eigenvalue weighted by Gasteiger charge is -2.32. The molecular weight excluding hydrogens is 518 g/mol. The first-order valence-electron chi connectivity index (χ1n) is 13.4. The minimum absolute atomic E-state index is 0.119. The number of ether oxygens (including phenoxy) is 2. The van der Waals surface area contributed by atoms with E-state index < -0.39 is 6.04 Å². The van der Waals surface area contributed by atoms with Crippen molar-refractivity contribution < 1.29 is 19.1 Å². The average molecular weight is 550 g/mol. The lowest BCUT2D eigenvalue weighted by atomic mass is 10.0. The molecule has 2 amide bonds. The highest BCUT2D eigenvalue weighted by Crippen LogP contribution is 2.31. The summed E-state index contributed by atoms with van der Waals surface area (Å²) in [6.07, 6.45) is 0. The number of fused-ring (bicyclic) bond motifs is 1. The van der Waals surface area contributed by atoms with Crippen molar-refractivity contribution in [3.63, 3.8) is 0 Å². The van der Waals surface area contributed by atoms with E-state index in [0.717, 1.165) is 11.1 Å². The molecule has 41 heavy (non-hydrogen) atoms. The number of hydrogen-bond acceptors (Lipinski definition) is 6. The number of hydrogen-bond donors (Lipinski definition) is 1. The fourth-order valence-electron chi connectivity index (χ4n) is 4.63. The molecule has 0 spiro atoms. The Morgan fingerprint density at radius 1 is 0.878 bits per heavy atom. The van der Waals surface area contributed by atoms with Crippen molar-refractivity contribution in [2.24, 2.45) is 0 Å². The van der Waals surface area contributed by atoms with Crippen molar-refractivity contribution in [1.82, 2.24) is 20.3 Å². The molecule has 1 aromatic heterocycles. The number of amides is 2. The molecule has 0 aliphatic carbocycles. The van der Waals surface area contributed by atoms with Gasteiger partial charge in [-0.05, 0) is 66.6 Å². The van der Waals surface area contributed by atoms with Gasteiger partial charge < -0.3 is 14.8 Å². The standard InChI is InChI=1S/C32H31N5O4/c1-3-41-27-17-13-24(14-18-27)31(32(39)33-21-23-9-5-4-6-10-23)37(25-15-19-26(40-2)20-16-25)30(38)22-36-29-12-8-7-11-28(29)34-35-36/h4-20,31H,3,21-22H2,1-2H3,(H,33,39)/t31-/m1/s1. The van der Waals surface area contributed by atoms with Gasteiger partial charge in [-0.15, -0.1) is 5.10 Å². The first kappa shape index (κ1) is 27.4. The van der Waals surface area contributed by atoms with Gasteiger partial charge in [-0.3, -0.25) is 14.5 Å². The Morgan fingerprint density at radius 2 is 1.56 bits per heavy atom. The fraction of sp³-hybridized carbons (Fsp3) is 0.188. The van der Waals surface area contributed by atoms with Crippen LogP contribution in [0.25, 0.3) is 11.0 Å². The van der Waals surface area contributed by atoms with Crippen molar-refractivity contribution in [2.75, 3.05) is 18.6 Å². The van der Waals surface area contributed by atoms with Gasteiger partial charge in [0, 0.05) is 12.2 Å². The van der Waals surface area contributed by atoms with Crippen LogP contribution in [-0.4, -0.2) is 40.5 Å². The molecule has 0 aliphatic heterocycles. The molecule has 0 fully saturated rings. The van der Waals surface area contributed by atoms with Crippen molar-refractivity contribution in [2.45, 2.75) is 26.1 Å². The van der Waals surface area contributed by atoms with Crippen LogP contribution >= 0.6 is 0 Å². The minimum atomic E-state index is -0.981. The molecular formula is C32H31N5O4. The number of para-hydroxylation sites is 1. The molecule has 1 N–H and O–H groups in total. The maximum Gasteiger partial charge on any atom is 0.249 e. The molecule has 5 aromatic rings. The molecule has 208 valence electrons. The summed E-state index contributed by atoms with van der Waals surface area (Å²) in [5, 5.41) is 11.4. The SMILES string of the molecule is CCOc1ccc([C@H](C(=O)NCc2ccccc2)N(C(=O)Cn2nnc3ccccc32)c2ccc(OC)cc2)cc1. The zero-order chi connectivity index (χ0) is 28.6. The summed E-state index contributed by atoms with van der Waals surface area (Å²) in [6.45, 7) is 2.62. The summed E-state index contributed by atoms with van der Waals surface area (Å²) in [5.74, 6) is 0.649. The van der Waals surface area contributed by atoms with Gasteiger partial charge in [0.2, 0.25) is 11.8 Å². The molecule has 0 saturated heterocycles. The zero-order valence-electron chi connectivity index (χ0n) is 22.9. The van der Waals surface area contributed by atoms with E-state index in [1.807, 2.05) is 73.7 Å². The largest absolute Gasteiger partial charge is 0.497 e. The Hall–Kier alpha value is -5.18. The predicted molar refractivity (Wildman–Crippen MR) is 157 cm³/mol. The van der Waals surface area contributed by atoms with Gasteiger partial charge in [0.25, 0.3) is 0 Å². The number of rotatable bonds is 11. The second-order valence-corrected chi connectivity index (χ2v) is 9.31. The predicted octanol–water partition coefficient (Wildman–Crippen LogP) is 4.93. The van der Waals surface area contributed by atoms with Crippen LogP contribution in [0.1, 0.15) is 24.1 Å². The number of carbonyl (C=O) groups excluding carboxylic acids is 2. The highest BCUT2D eigenvalue weighted by Gasteiger charge is 2.33. The number of methoxy groups -OCH3 is 1. The maximum atomic E-state index is 14.2. The van der Waals surface area contributed by atoms with Crippen LogP contribution in [0.3, 0.4) is 0 Å². The number of nitrogens with zero attached hydrogens (tertiary/aromatic N) is 4. The van der Waals surface area contributed by atoms with E-state index in [4.69, 9.17) is 9.47 Å². The van der Waals surface area contributed by atoms with Crippen LogP contribution in [0.2, 0.25) is 0 Å². The Balaban J connectivity index is 1.55. The third-order valence-corrected chi connectivity index (χ3v) is 6.65. The lowest BCUT2D eigenvalue weighted by molar-refractivity contribution is -0.127. The smallest absolute Gasteiger partial charge is 0.249 e. The van der Waals surface area contributed by atoms with Crippen LogP contribution in [-0.2, 0) is 22.7 Å². The summed E-state index contributed by atoms with van der Waals surface area (Å²) < 4.78 is 12.5. The Morgan fingerprint density at radius 3 is 2.27 bits per heavy atom. The molecule has 9 heteroatoms. The monoisotopic (exact) mass is 549 g/mol. The second-order valence-electron chi connectivity index (χ2n) is 9.31. The lowest BCUT2D eigenvalue weighted by Crippen LogP contribution is -2.45. The number of carbonyl (C=O) groups is 2. The van der Waals surface area contributed by atoms with Gasteiger partial charge >= 0.3 is 0 Å². The van der Waals surface area contributed by atoms with E-state index in [1.165, 1.54) is 4.90 Å². The summed E-state index contributed by atoms with van der Waals surface area (Å²) in [5.41, 5.74) is 3.52. The summed E-state index contributed by atoms with van der Waals surface area (Å²) >= 11 is 0. The highest BCUT2D eigenvalue weighted by molar-refractivity contribution is 6.01. The quantitative estimate of drug-likeness (QED) is 0.251.